The van der Waals surface area contributed by atoms with Gasteiger partial charge in [-0.25, -0.2) is 0 Å². The standard InChI is InChI=1S/C25H22N2O2/c1-5-27-21-7-6-13(2)9-17(21)25(29)18-11-20-16(12-22(18)27)24(28)19-10-14(3)8-15(4)23(19)26-20/h6-12H,5H2,1-4H3,(H,26,28). The van der Waals surface area contributed by atoms with E-state index in [-0.39, 0.29) is 10.9 Å². The maximum absolute atomic E-state index is 13.3. The minimum Gasteiger partial charge on any atom is -0.354 e. The molecule has 3 aromatic carbocycles. The van der Waals surface area contributed by atoms with Crippen molar-refractivity contribution in [2.24, 2.45) is 0 Å². The first-order valence-electron chi connectivity index (χ1n) is 9.93. The summed E-state index contributed by atoms with van der Waals surface area (Å²) in [5, 5.41) is 2.66. The van der Waals surface area contributed by atoms with Gasteiger partial charge in [0.2, 0.25) is 0 Å². The Morgan fingerprint density at radius 1 is 0.759 bits per heavy atom. The molecule has 0 saturated carbocycles. The highest BCUT2D eigenvalue weighted by atomic mass is 16.1. The Labute approximate surface area is 167 Å². The molecule has 4 heteroatoms. The molecule has 0 atom stereocenters. The highest BCUT2D eigenvalue weighted by molar-refractivity contribution is 6.03. The fourth-order valence-electron chi connectivity index (χ4n) is 4.56. The summed E-state index contributed by atoms with van der Waals surface area (Å²) >= 11 is 0. The van der Waals surface area contributed by atoms with Crippen LogP contribution < -0.4 is 10.9 Å². The van der Waals surface area contributed by atoms with Crippen LogP contribution >= 0.6 is 0 Å². The summed E-state index contributed by atoms with van der Waals surface area (Å²) in [6.45, 7) is 8.77. The van der Waals surface area contributed by atoms with E-state index in [1.54, 1.807) is 0 Å². The average Bonchev–Trinajstić information content (AvgIpc) is 2.69. The van der Waals surface area contributed by atoms with Gasteiger partial charge in [-0.1, -0.05) is 17.7 Å². The summed E-state index contributed by atoms with van der Waals surface area (Å²) in [5.41, 5.74) is 6.39. The number of hydrogen-bond acceptors (Lipinski definition) is 2. The Morgan fingerprint density at radius 2 is 1.45 bits per heavy atom. The minimum absolute atomic E-state index is 0.00144. The predicted octanol–water partition coefficient (Wildman–Crippen LogP) is 5.09. The van der Waals surface area contributed by atoms with Crippen LogP contribution in [0.3, 0.4) is 0 Å². The molecule has 1 N–H and O–H groups in total. The number of fused-ring (bicyclic) bond motifs is 4. The largest absolute Gasteiger partial charge is 0.354 e. The smallest absolute Gasteiger partial charge is 0.197 e. The molecule has 0 aliphatic rings. The molecule has 2 heterocycles. The molecule has 5 rings (SSSR count). The number of aromatic amines is 1. The summed E-state index contributed by atoms with van der Waals surface area (Å²) in [5.74, 6) is 0. The van der Waals surface area contributed by atoms with Crippen molar-refractivity contribution in [2.45, 2.75) is 34.2 Å². The number of rotatable bonds is 1. The van der Waals surface area contributed by atoms with Crippen LogP contribution in [0.5, 0.6) is 0 Å². The van der Waals surface area contributed by atoms with Crippen LogP contribution in [-0.4, -0.2) is 9.55 Å². The fourth-order valence-corrected chi connectivity index (χ4v) is 4.56. The lowest BCUT2D eigenvalue weighted by atomic mass is 10.0. The van der Waals surface area contributed by atoms with E-state index in [4.69, 9.17) is 0 Å². The molecule has 0 radical (unpaired) electrons. The van der Waals surface area contributed by atoms with Crippen LogP contribution in [0.4, 0.5) is 0 Å². The SMILES string of the molecule is CCn1c2ccc(C)cc2c(=O)c2cc3[nH]c4c(C)cc(C)cc4c(=O)c3cc21. The summed E-state index contributed by atoms with van der Waals surface area (Å²) < 4.78 is 2.12. The molecule has 5 aromatic rings. The zero-order chi connectivity index (χ0) is 20.4. The second kappa shape index (κ2) is 6.05. The van der Waals surface area contributed by atoms with Gasteiger partial charge in [-0.2, -0.15) is 0 Å². The van der Waals surface area contributed by atoms with Crippen LogP contribution in [0.15, 0.2) is 52.1 Å². The lowest BCUT2D eigenvalue weighted by Gasteiger charge is -2.15. The first kappa shape index (κ1) is 17.7. The lowest BCUT2D eigenvalue weighted by Crippen LogP contribution is -2.13. The molecule has 0 saturated heterocycles. The van der Waals surface area contributed by atoms with Crippen molar-refractivity contribution in [3.8, 4) is 0 Å². The van der Waals surface area contributed by atoms with E-state index < -0.39 is 0 Å². The Kier molecular flexibility index (Phi) is 3.69. The second-order valence-corrected chi connectivity index (χ2v) is 7.97. The lowest BCUT2D eigenvalue weighted by molar-refractivity contribution is 0.821. The maximum atomic E-state index is 13.3. The molecule has 0 fully saturated rings. The van der Waals surface area contributed by atoms with E-state index in [1.807, 2.05) is 57.2 Å². The van der Waals surface area contributed by atoms with Gasteiger partial charge in [0.1, 0.15) is 0 Å². The van der Waals surface area contributed by atoms with Gasteiger partial charge in [0.25, 0.3) is 0 Å². The third-order valence-corrected chi connectivity index (χ3v) is 5.90. The molecule has 2 aromatic heterocycles. The van der Waals surface area contributed by atoms with Crippen molar-refractivity contribution in [1.82, 2.24) is 9.55 Å². The summed E-state index contributed by atoms with van der Waals surface area (Å²) in [6, 6.07) is 13.7. The summed E-state index contributed by atoms with van der Waals surface area (Å²) in [4.78, 5) is 30.0. The van der Waals surface area contributed by atoms with Gasteiger partial charge in [0.15, 0.2) is 10.9 Å². The topological polar surface area (TPSA) is 54.9 Å². The monoisotopic (exact) mass is 382 g/mol. The first-order chi connectivity index (χ1) is 13.9. The third kappa shape index (κ3) is 2.45. The normalized spacial score (nSPS) is 11.9. The Balaban J connectivity index is 2.05. The number of pyridine rings is 2. The molecule has 0 unspecified atom stereocenters. The van der Waals surface area contributed by atoms with Crippen LogP contribution in [0.25, 0.3) is 43.6 Å². The molecule has 0 aliphatic carbocycles. The number of nitrogens with one attached hydrogen (secondary N) is 1. The van der Waals surface area contributed by atoms with Gasteiger partial charge < -0.3 is 9.55 Å². The van der Waals surface area contributed by atoms with E-state index in [9.17, 15) is 9.59 Å². The van der Waals surface area contributed by atoms with Crippen molar-refractivity contribution in [3.63, 3.8) is 0 Å². The number of hydrogen-bond donors (Lipinski definition) is 1. The second-order valence-electron chi connectivity index (χ2n) is 7.97. The van der Waals surface area contributed by atoms with Crippen molar-refractivity contribution in [3.05, 3.63) is 79.6 Å². The van der Waals surface area contributed by atoms with Crippen molar-refractivity contribution >= 4 is 43.6 Å². The van der Waals surface area contributed by atoms with Crippen molar-refractivity contribution < 1.29 is 0 Å². The Hall–Kier alpha value is -3.40. The maximum Gasteiger partial charge on any atom is 0.197 e. The van der Waals surface area contributed by atoms with E-state index >= 15 is 0 Å². The Morgan fingerprint density at radius 3 is 2.21 bits per heavy atom. The number of benzene rings is 3. The first-order valence-corrected chi connectivity index (χ1v) is 9.93. The van der Waals surface area contributed by atoms with Crippen molar-refractivity contribution in [2.75, 3.05) is 0 Å². The van der Waals surface area contributed by atoms with Gasteiger partial charge in [-0.05, 0) is 69.2 Å². The molecule has 0 spiro atoms. The molecular formula is C25H22N2O2. The quantitative estimate of drug-likeness (QED) is 0.410. The Bertz CT molecular complexity index is 1600. The highest BCUT2D eigenvalue weighted by Crippen LogP contribution is 2.26. The molecule has 144 valence electrons. The molecule has 29 heavy (non-hydrogen) atoms. The molecule has 0 aliphatic heterocycles. The average molecular weight is 382 g/mol. The van der Waals surface area contributed by atoms with Gasteiger partial charge in [0, 0.05) is 28.1 Å². The van der Waals surface area contributed by atoms with E-state index in [0.717, 1.165) is 33.2 Å². The number of aryl methyl sites for hydroxylation is 4. The molecular weight excluding hydrogens is 360 g/mol. The molecule has 0 amide bonds. The number of aromatic nitrogens is 2. The van der Waals surface area contributed by atoms with E-state index in [0.29, 0.717) is 33.6 Å². The van der Waals surface area contributed by atoms with Crippen molar-refractivity contribution in [1.29, 1.82) is 0 Å². The zero-order valence-corrected chi connectivity index (χ0v) is 17.0. The number of nitrogens with zero attached hydrogens (tertiary/aromatic N) is 1. The number of H-pyrrole nitrogens is 1. The van der Waals surface area contributed by atoms with Crippen LogP contribution in [0, 0.1) is 20.8 Å². The molecule has 4 nitrogen and oxygen atoms in total. The zero-order valence-electron chi connectivity index (χ0n) is 17.0. The van der Waals surface area contributed by atoms with Gasteiger partial charge in [-0.3, -0.25) is 9.59 Å². The summed E-state index contributed by atoms with van der Waals surface area (Å²) in [7, 11) is 0. The summed E-state index contributed by atoms with van der Waals surface area (Å²) in [6.07, 6.45) is 0. The fraction of sp³-hybridized carbons (Fsp3) is 0.200. The van der Waals surface area contributed by atoms with E-state index in [2.05, 4.69) is 22.5 Å². The van der Waals surface area contributed by atoms with Crippen LogP contribution in [0.2, 0.25) is 0 Å². The third-order valence-electron chi connectivity index (χ3n) is 5.90. The predicted molar refractivity (Wildman–Crippen MR) is 121 cm³/mol. The van der Waals surface area contributed by atoms with Crippen LogP contribution in [0.1, 0.15) is 23.6 Å². The minimum atomic E-state index is 0.00144. The van der Waals surface area contributed by atoms with Gasteiger partial charge in [-0.15, -0.1) is 0 Å². The van der Waals surface area contributed by atoms with E-state index in [1.165, 1.54) is 0 Å². The van der Waals surface area contributed by atoms with Gasteiger partial charge in [0.05, 0.1) is 22.1 Å². The highest BCUT2D eigenvalue weighted by Gasteiger charge is 2.14. The molecule has 0 bridgehead atoms. The van der Waals surface area contributed by atoms with Crippen LogP contribution in [-0.2, 0) is 6.54 Å². The van der Waals surface area contributed by atoms with Gasteiger partial charge >= 0.3 is 0 Å².